The van der Waals surface area contributed by atoms with Crippen molar-refractivity contribution >= 4 is 5.91 Å². The molecule has 1 saturated heterocycles. The van der Waals surface area contributed by atoms with Gasteiger partial charge in [-0.3, -0.25) is 4.79 Å². The van der Waals surface area contributed by atoms with Gasteiger partial charge in [-0.1, -0.05) is 20.3 Å². The largest absolute Gasteiger partial charge is 0.353 e. The highest BCUT2D eigenvalue weighted by Gasteiger charge is 2.22. The smallest absolute Gasteiger partial charge is 0.237 e. The van der Waals surface area contributed by atoms with Gasteiger partial charge in [-0.15, -0.1) is 0 Å². The van der Waals surface area contributed by atoms with Crippen LogP contribution in [-0.4, -0.2) is 50.1 Å². The highest BCUT2D eigenvalue weighted by molar-refractivity contribution is 5.81. The van der Waals surface area contributed by atoms with Gasteiger partial charge in [-0.25, -0.2) is 0 Å². The molecule has 1 amide bonds. The molecular weight excluding hydrogens is 214 g/mol. The molecule has 0 aliphatic carbocycles. The molecule has 2 N–H and O–H groups in total. The second kappa shape index (κ2) is 6.97. The van der Waals surface area contributed by atoms with E-state index in [0.717, 1.165) is 25.9 Å². The topological polar surface area (TPSA) is 44.4 Å². The lowest BCUT2D eigenvalue weighted by Crippen LogP contribution is -2.50. The first kappa shape index (κ1) is 14.5. The van der Waals surface area contributed by atoms with Gasteiger partial charge in [0.2, 0.25) is 5.91 Å². The monoisotopic (exact) mass is 241 g/mol. The minimum atomic E-state index is 0.0266. The van der Waals surface area contributed by atoms with Crippen LogP contribution in [0, 0.1) is 5.92 Å². The average molecular weight is 241 g/mol. The van der Waals surface area contributed by atoms with Crippen molar-refractivity contribution in [3.05, 3.63) is 0 Å². The summed E-state index contributed by atoms with van der Waals surface area (Å²) in [6.07, 6.45) is 3.32. The zero-order valence-electron chi connectivity index (χ0n) is 11.6. The third-order valence-electron chi connectivity index (χ3n) is 3.55. The molecule has 1 rings (SSSR count). The molecule has 0 radical (unpaired) electrons. The van der Waals surface area contributed by atoms with Crippen LogP contribution in [0.5, 0.6) is 0 Å². The molecule has 0 aromatic rings. The summed E-state index contributed by atoms with van der Waals surface area (Å²) in [5.74, 6) is 0.710. The number of carbonyl (C=O) groups is 1. The van der Waals surface area contributed by atoms with Crippen molar-refractivity contribution in [3.63, 3.8) is 0 Å². The van der Waals surface area contributed by atoms with Gasteiger partial charge in [0.1, 0.15) is 0 Å². The van der Waals surface area contributed by atoms with E-state index in [1.54, 1.807) is 0 Å². The molecule has 0 saturated carbocycles. The predicted octanol–water partition coefficient (Wildman–Crippen LogP) is 0.831. The van der Waals surface area contributed by atoms with Crippen LogP contribution in [0.1, 0.15) is 33.1 Å². The molecule has 0 bridgehead atoms. The van der Waals surface area contributed by atoms with Crippen molar-refractivity contribution in [2.45, 2.75) is 45.2 Å². The summed E-state index contributed by atoms with van der Waals surface area (Å²) in [5, 5.41) is 6.35. The first-order valence-corrected chi connectivity index (χ1v) is 6.70. The highest BCUT2D eigenvalue weighted by atomic mass is 16.2. The molecule has 4 heteroatoms. The van der Waals surface area contributed by atoms with Crippen molar-refractivity contribution in [2.24, 2.45) is 5.92 Å². The number of rotatable bonds is 5. The van der Waals surface area contributed by atoms with E-state index in [-0.39, 0.29) is 11.9 Å². The molecule has 100 valence electrons. The Kier molecular flexibility index (Phi) is 5.92. The molecule has 4 nitrogen and oxygen atoms in total. The van der Waals surface area contributed by atoms with Gasteiger partial charge in [-0.2, -0.15) is 0 Å². The number of nitrogens with one attached hydrogen (secondary N) is 2. The number of amides is 1. The van der Waals surface area contributed by atoms with Gasteiger partial charge >= 0.3 is 0 Å². The van der Waals surface area contributed by atoms with Crippen LogP contribution in [0.3, 0.4) is 0 Å². The fourth-order valence-corrected chi connectivity index (χ4v) is 2.42. The second-order valence-corrected chi connectivity index (χ2v) is 5.52. The Morgan fingerprint density at radius 2 is 2.12 bits per heavy atom. The van der Waals surface area contributed by atoms with Gasteiger partial charge in [0, 0.05) is 12.6 Å². The Morgan fingerprint density at radius 3 is 2.59 bits per heavy atom. The first-order chi connectivity index (χ1) is 8.02. The third kappa shape index (κ3) is 4.64. The van der Waals surface area contributed by atoms with Crippen LogP contribution in [0.4, 0.5) is 0 Å². The Balaban J connectivity index is 2.35. The molecule has 1 heterocycles. The number of likely N-dealkylation sites (N-methyl/N-ethyl adjacent to an activating group) is 1. The number of hydrogen-bond donors (Lipinski definition) is 2. The maximum Gasteiger partial charge on any atom is 0.237 e. The second-order valence-electron chi connectivity index (χ2n) is 5.52. The number of piperidine rings is 1. The van der Waals surface area contributed by atoms with Crippen molar-refractivity contribution in [1.29, 1.82) is 0 Å². The standard InChI is InChI=1S/C13H27N3O/c1-10(2)12(16(3)4)9-15-13(17)11-7-5-6-8-14-11/h10-12,14H,5-9H2,1-4H3,(H,15,17)/t11-,12?/m1/s1. The Hall–Kier alpha value is -0.610. The van der Waals surface area contributed by atoms with Crippen molar-refractivity contribution in [3.8, 4) is 0 Å². The molecule has 1 fully saturated rings. The van der Waals surface area contributed by atoms with Gasteiger partial charge in [0.15, 0.2) is 0 Å². The normalized spacial score (nSPS) is 22.8. The summed E-state index contributed by atoms with van der Waals surface area (Å²) in [6, 6.07) is 0.432. The molecule has 1 unspecified atom stereocenters. The lowest BCUT2D eigenvalue weighted by molar-refractivity contribution is -0.123. The van der Waals surface area contributed by atoms with E-state index in [0.29, 0.717) is 12.0 Å². The quantitative estimate of drug-likeness (QED) is 0.749. The van der Waals surface area contributed by atoms with Crippen LogP contribution in [0.2, 0.25) is 0 Å². The lowest BCUT2D eigenvalue weighted by Gasteiger charge is -2.29. The Morgan fingerprint density at radius 1 is 1.41 bits per heavy atom. The van der Waals surface area contributed by atoms with Crippen LogP contribution in [0.25, 0.3) is 0 Å². The van der Waals surface area contributed by atoms with Crippen LogP contribution in [-0.2, 0) is 4.79 Å². The zero-order valence-corrected chi connectivity index (χ0v) is 11.6. The van der Waals surface area contributed by atoms with Gasteiger partial charge in [0.25, 0.3) is 0 Å². The molecule has 17 heavy (non-hydrogen) atoms. The van der Waals surface area contributed by atoms with E-state index >= 15 is 0 Å². The summed E-state index contributed by atoms with van der Waals surface area (Å²) in [6.45, 7) is 6.09. The molecule has 0 aromatic carbocycles. The van der Waals surface area contributed by atoms with Gasteiger partial charge < -0.3 is 15.5 Å². The zero-order chi connectivity index (χ0) is 12.8. The lowest BCUT2D eigenvalue weighted by atomic mass is 10.0. The van der Waals surface area contributed by atoms with Crippen molar-refractivity contribution < 1.29 is 4.79 Å². The summed E-state index contributed by atoms with van der Waals surface area (Å²) in [4.78, 5) is 14.1. The van der Waals surface area contributed by atoms with Crippen LogP contribution in [0.15, 0.2) is 0 Å². The number of carbonyl (C=O) groups excluding carboxylic acids is 1. The first-order valence-electron chi connectivity index (χ1n) is 6.70. The maximum absolute atomic E-state index is 12.0. The van der Waals surface area contributed by atoms with Gasteiger partial charge in [-0.05, 0) is 39.4 Å². The highest BCUT2D eigenvalue weighted by Crippen LogP contribution is 2.08. The van der Waals surface area contributed by atoms with E-state index in [9.17, 15) is 4.79 Å². The minimum Gasteiger partial charge on any atom is -0.353 e. The van der Waals surface area contributed by atoms with Gasteiger partial charge in [0.05, 0.1) is 6.04 Å². The molecule has 0 spiro atoms. The Bertz CT molecular complexity index is 227. The van der Waals surface area contributed by atoms with E-state index in [1.807, 2.05) is 0 Å². The summed E-state index contributed by atoms with van der Waals surface area (Å²) < 4.78 is 0. The van der Waals surface area contributed by atoms with Crippen molar-refractivity contribution in [2.75, 3.05) is 27.2 Å². The fourth-order valence-electron chi connectivity index (χ4n) is 2.42. The summed E-state index contributed by atoms with van der Waals surface area (Å²) in [5.41, 5.74) is 0. The molecular formula is C13H27N3O. The molecule has 0 aromatic heterocycles. The van der Waals surface area contributed by atoms with Crippen LogP contribution < -0.4 is 10.6 Å². The third-order valence-corrected chi connectivity index (χ3v) is 3.55. The van der Waals surface area contributed by atoms with E-state index in [1.165, 1.54) is 6.42 Å². The molecule has 2 atom stereocenters. The van der Waals surface area contributed by atoms with E-state index in [2.05, 4.69) is 43.5 Å². The maximum atomic E-state index is 12.0. The van der Waals surface area contributed by atoms with Crippen molar-refractivity contribution in [1.82, 2.24) is 15.5 Å². The SMILES string of the molecule is CC(C)C(CNC(=O)[C@H]1CCCCN1)N(C)C. The van der Waals surface area contributed by atoms with E-state index < -0.39 is 0 Å². The Labute approximate surface area is 105 Å². The predicted molar refractivity (Wildman–Crippen MR) is 71.0 cm³/mol. The van der Waals surface area contributed by atoms with E-state index in [4.69, 9.17) is 0 Å². The number of nitrogens with zero attached hydrogens (tertiary/aromatic N) is 1. The molecule has 1 aliphatic heterocycles. The summed E-state index contributed by atoms with van der Waals surface area (Å²) in [7, 11) is 4.13. The molecule has 1 aliphatic rings. The summed E-state index contributed by atoms with van der Waals surface area (Å²) >= 11 is 0. The van der Waals surface area contributed by atoms with Crippen LogP contribution >= 0.6 is 0 Å². The number of hydrogen-bond acceptors (Lipinski definition) is 3. The fraction of sp³-hybridized carbons (Fsp3) is 0.923. The minimum absolute atomic E-state index is 0.0266. The average Bonchev–Trinajstić information content (AvgIpc) is 2.29.